The van der Waals surface area contributed by atoms with Crippen molar-refractivity contribution in [2.75, 3.05) is 23.3 Å². The number of carboxylic acids is 1. The van der Waals surface area contributed by atoms with Gasteiger partial charge in [-0.25, -0.2) is 9.80 Å². The molecule has 3 aromatic rings. The molecule has 11 heteroatoms. The summed E-state index contributed by atoms with van der Waals surface area (Å²) in [6.07, 6.45) is 6.71. The smallest absolute Gasteiger partial charge is 0.345 e. The minimum Gasteiger partial charge on any atom is -0.480 e. The molecular weight excluding hydrogens is 536 g/mol. The monoisotopic (exact) mass is 572 g/mol. The van der Waals surface area contributed by atoms with Crippen LogP contribution in [0.4, 0.5) is 16.2 Å². The van der Waals surface area contributed by atoms with Crippen LogP contribution in [-0.4, -0.2) is 62.4 Å². The summed E-state index contributed by atoms with van der Waals surface area (Å²) >= 11 is 0. The molecule has 220 valence electrons. The van der Waals surface area contributed by atoms with Crippen LogP contribution in [0.2, 0.25) is 0 Å². The Morgan fingerprint density at radius 2 is 1.74 bits per heavy atom. The number of nitrogens with one attached hydrogen (secondary N) is 1. The maximum absolute atomic E-state index is 14.0. The number of carbonyl (C=O) groups is 4. The highest BCUT2D eigenvalue weighted by Gasteiger charge is 2.36. The van der Waals surface area contributed by atoms with Crippen molar-refractivity contribution < 1.29 is 24.3 Å². The number of anilines is 2. The lowest BCUT2D eigenvalue weighted by atomic mass is 9.83. The van der Waals surface area contributed by atoms with E-state index in [4.69, 9.17) is 5.10 Å². The van der Waals surface area contributed by atoms with E-state index in [2.05, 4.69) is 10.4 Å². The molecule has 0 unspecified atom stereocenters. The molecule has 1 saturated carbocycles. The van der Waals surface area contributed by atoms with Gasteiger partial charge in [-0.2, -0.15) is 10.2 Å². The van der Waals surface area contributed by atoms with E-state index in [0.717, 1.165) is 48.8 Å². The van der Waals surface area contributed by atoms with Crippen LogP contribution in [-0.2, 0) is 20.9 Å². The highest BCUT2D eigenvalue weighted by Crippen LogP contribution is 2.34. The summed E-state index contributed by atoms with van der Waals surface area (Å²) in [5.41, 5.74) is 2.50. The Balaban J connectivity index is 1.46. The van der Waals surface area contributed by atoms with Gasteiger partial charge in [-0.3, -0.25) is 24.0 Å². The van der Waals surface area contributed by atoms with E-state index in [1.807, 2.05) is 45.0 Å². The molecule has 0 saturated heterocycles. The van der Waals surface area contributed by atoms with Crippen LogP contribution in [0, 0.1) is 11.3 Å². The van der Waals surface area contributed by atoms with Gasteiger partial charge in [-0.15, -0.1) is 0 Å². The van der Waals surface area contributed by atoms with Gasteiger partial charge in [0.1, 0.15) is 13.1 Å². The average Bonchev–Trinajstić information content (AvgIpc) is 3.29. The fraction of sp³-hybridized carbons (Fsp3) is 0.419. The SMILES string of the molecule is CC(C)(C)C(=O)CN1C(=O)N(CC(=O)Nc2ccc3cnn(CC(=O)O)c3c2)N=C(C2CCCCC2)c2ccccc21. The molecule has 1 aromatic heterocycles. The van der Waals surface area contributed by atoms with E-state index < -0.39 is 23.3 Å². The Labute approximate surface area is 244 Å². The van der Waals surface area contributed by atoms with E-state index in [9.17, 15) is 24.3 Å². The number of nitrogens with zero attached hydrogens (tertiary/aromatic N) is 5. The number of amides is 3. The van der Waals surface area contributed by atoms with Crippen LogP contribution >= 0.6 is 0 Å². The number of ketones is 1. The lowest BCUT2D eigenvalue weighted by Gasteiger charge is -2.28. The zero-order valence-corrected chi connectivity index (χ0v) is 24.2. The Hall–Kier alpha value is -4.54. The maximum Gasteiger partial charge on any atom is 0.345 e. The highest BCUT2D eigenvalue weighted by molar-refractivity contribution is 6.13. The second-order valence-electron chi connectivity index (χ2n) is 12.0. The summed E-state index contributed by atoms with van der Waals surface area (Å²) in [5, 5.41) is 22.8. The third-order valence-corrected chi connectivity index (χ3v) is 7.79. The molecular formula is C31H36N6O5. The van der Waals surface area contributed by atoms with E-state index in [1.54, 1.807) is 24.4 Å². The van der Waals surface area contributed by atoms with Gasteiger partial charge in [0, 0.05) is 28.0 Å². The Bertz CT molecular complexity index is 1560. The number of aliphatic carboxylic acids is 1. The minimum absolute atomic E-state index is 0.109. The number of hydrogen-bond acceptors (Lipinski definition) is 6. The second kappa shape index (κ2) is 11.8. The lowest BCUT2D eigenvalue weighted by Crippen LogP contribution is -2.47. The largest absolute Gasteiger partial charge is 0.480 e. The van der Waals surface area contributed by atoms with E-state index >= 15 is 0 Å². The number of urea groups is 1. The molecule has 2 aromatic carbocycles. The van der Waals surface area contributed by atoms with Gasteiger partial charge in [-0.1, -0.05) is 58.2 Å². The molecule has 42 heavy (non-hydrogen) atoms. The van der Waals surface area contributed by atoms with Crippen molar-refractivity contribution in [3.05, 3.63) is 54.2 Å². The molecule has 0 spiro atoms. The molecule has 1 fully saturated rings. The Morgan fingerprint density at radius 1 is 1.00 bits per heavy atom. The maximum atomic E-state index is 14.0. The lowest BCUT2D eigenvalue weighted by molar-refractivity contribution is -0.137. The van der Waals surface area contributed by atoms with Gasteiger partial charge in [0.05, 0.1) is 29.7 Å². The van der Waals surface area contributed by atoms with E-state index in [0.29, 0.717) is 16.9 Å². The topological polar surface area (TPSA) is 137 Å². The molecule has 1 aliphatic carbocycles. The number of hydrogen-bond donors (Lipinski definition) is 2. The van der Waals surface area contributed by atoms with Crippen LogP contribution in [0.15, 0.2) is 53.8 Å². The van der Waals surface area contributed by atoms with Crippen LogP contribution < -0.4 is 10.2 Å². The number of hydrazone groups is 1. The molecule has 2 N–H and O–H groups in total. The zero-order valence-electron chi connectivity index (χ0n) is 24.2. The van der Waals surface area contributed by atoms with Gasteiger partial charge >= 0.3 is 12.0 Å². The van der Waals surface area contributed by atoms with E-state index in [1.165, 1.54) is 14.6 Å². The van der Waals surface area contributed by atoms with Crippen molar-refractivity contribution in [2.45, 2.75) is 59.4 Å². The first-order chi connectivity index (χ1) is 20.0. The highest BCUT2D eigenvalue weighted by atomic mass is 16.4. The van der Waals surface area contributed by atoms with E-state index in [-0.39, 0.29) is 31.3 Å². The normalized spacial score (nSPS) is 16.2. The van der Waals surface area contributed by atoms with Crippen LogP contribution in [0.1, 0.15) is 58.4 Å². The quantitative estimate of drug-likeness (QED) is 0.394. The summed E-state index contributed by atoms with van der Waals surface area (Å²) in [4.78, 5) is 53.2. The predicted molar refractivity (Wildman–Crippen MR) is 159 cm³/mol. The second-order valence-corrected chi connectivity index (χ2v) is 12.0. The Morgan fingerprint density at radius 3 is 2.45 bits per heavy atom. The first-order valence-electron chi connectivity index (χ1n) is 14.3. The van der Waals surface area contributed by atoms with Crippen molar-refractivity contribution in [3.63, 3.8) is 0 Å². The molecule has 1 aliphatic heterocycles. The summed E-state index contributed by atoms with van der Waals surface area (Å²) < 4.78 is 1.34. The van der Waals surface area contributed by atoms with Gasteiger partial charge in [0.15, 0.2) is 5.78 Å². The van der Waals surface area contributed by atoms with Crippen molar-refractivity contribution in [2.24, 2.45) is 16.4 Å². The van der Waals surface area contributed by atoms with Crippen molar-refractivity contribution in [1.29, 1.82) is 0 Å². The first kappa shape index (κ1) is 29.0. The van der Waals surface area contributed by atoms with Crippen LogP contribution in [0.3, 0.4) is 0 Å². The average molecular weight is 573 g/mol. The van der Waals surface area contributed by atoms with Crippen molar-refractivity contribution in [1.82, 2.24) is 14.8 Å². The molecule has 0 radical (unpaired) electrons. The van der Waals surface area contributed by atoms with Crippen molar-refractivity contribution in [3.8, 4) is 0 Å². The molecule has 0 atom stereocenters. The van der Waals surface area contributed by atoms with Gasteiger partial charge < -0.3 is 10.4 Å². The summed E-state index contributed by atoms with van der Waals surface area (Å²) in [7, 11) is 0. The third-order valence-electron chi connectivity index (χ3n) is 7.79. The number of carboxylic acid groups (broad SMARTS) is 1. The van der Waals surface area contributed by atoms with Gasteiger partial charge in [0.2, 0.25) is 5.91 Å². The fourth-order valence-corrected chi connectivity index (χ4v) is 5.45. The van der Waals surface area contributed by atoms with Gasteiger partial charge in [0.25, 0.3) is 0 Å². The molecule has 3 amide bonds. The molecule has 5 rings (SSSR count). The molecule has 2 heterocycles. The standard InChI is InChI=1S/C31H36N6O5/c1-31(2,3)26(38)17-35-24-12-8-7-11-23(24)29(20-9-5-4-6-10-20)34-37(30(35)42)18-27(39)33-22-14-13-21-16-32-36(19-28(40)41)25(21)15-22/h7-8,11-16,20H,4-6,9-10,17-19H2,1-3H3,(H,33,39)(H,40,41). The number of rotatable bonds is 8. The summed E-state index contributed by atoms with van der Waals surface area (Å²) in [5.74, 6) is -1.49. The van der Waals surface area contributed by atoms with Gasteiger partial charge in [-0.05, 0) is 37.1 Å². The summed E-state index contributed by atoms with van der Waals surface area (Å²) in [6.45, 7) is 4.63. The number of carbonyl (C=O) groups excluding carboxylic acids is 3. The number of para-hydroxylation sites is 1. The predicted octanol–water partition coefficient (Wildman–Crippen LogP) is 4.90. The zero-order chi connectivity index (χ0) is 30.0. The number of fused-ring (bicyclic) bond motifs is 2. The number of aromatic nitrogens is 2. The van der Waals surface area contributed by atoms with Crippen molar-refractivity contribution >= 4 is 51.7 Å². The number of Topliss-reactive ketones (excluding diaryl/α,β-unsaturated/α-hetero) is 1. The number of benzene rings is 2. The summed E-state index contributed by atoms with van der Waals surface area (Å²) in [6, 6.07) is 12.0. The first-order valence-corrected chi connectivity index (χ1v) is 14.3. The van der Waals surface area contributed by atoms with Crippen LogP contribution in [0.5, 0.6) is 0 Å². The molecule has 11 nitrogen and oxygen atoms in total. The third kappa shape index (κ3) is 6.19. The Kier molecular flexibility index (Phi) is 8.11. The van der Waals surface area contributed by atoms with Crippen LogP contribution in [0.25, 0.3) is 10.9 Å². The minimum atomic E-state index is -1.03. The molecule has 0 bridgehead atoms. The fourth-order valence-electron chi connectivity index (χ4n) is 5.45. The molecule has 2 aliphatic rings.